The predicted octanol–water partition coefficient (Wildman–Crippen LogP) is 3.01. The Hall–Kier alpha value is -1.36. The first kappa shape index (κ1) is 13.1. The van der Waals surface area contributed by atoms with E-state index in [1.54, 1.807) is 11.3 Å². The molecule has 96 valence electrons. The van der Waals surface area contributed by atoms with E-state index in [0.29, 0.717) is 6.61 Å². The average molecular weight is 262 g/mol. The minimum absolute atomic E-state index is 0.0177. The molecule has 0 fully saturated rings. The third kappa shape index (κ3) is 2.90. The van der Waals surface area contributed by atoms with Crippen molar-refractivity contribution < 1.29 is 4.74 Å². The number of rotatable bonds is 5. The summed E-state index contributed by atoms with van der Waals surface area (Å²) in [6.45, 7) is 4.74. The van der Waals surface area contributed by atoms with Gasteiger partial charge in [-0.3, -0.25) is 5.84 Å². The Kier molecular flexibility index (Phi) is 4.36. The molecule has 0 aliphatic heterocycles. The van der Waals surface area contributed by atoms with E-state index in [0.717, 1.165) is 11.3 Å². The Morgan fingerprint density at radius 2 is 2.17 bits per heavy atom. The van der Waals surface area contributed by atoms with Gasteiger partial charge in [0.1, 0.15) is 5.75 Å². The molecular formula is C14H18N2OS. The van der Waals surface area contributed by atoms with Crippen LogP contribution in [0.5, 0.6) is 5.75 Å². The molecule has 4 heteroatoms. The topological polar surface area (TPSA) is 47.3 Å². The molecule has 0 saturated carbocycles. The van der Waals surface area contributed by atoms with Crippen molar-refractivity contribution in [3.8, 4) is 5.75 Å². The molecule has 3 nitrogen and oxygen atoms in total. The third-order valence-corrected chi connectivity index (χ3v) is 3.78. The second kappa shape index (κ2) is 6.00. The molecule has 0 saturated heterocycles. The number of ether oxygens (including phenoxy) is 1. The molecule has 1 heterocycles. The summed E-state index contributed by atoms with van der Waals surface area (Å²) in [5, 5.41) is 0. The summed E-state index contributed by atoms with van der Waals surface area (Å²) in [7, 11) is 0. The van der Waals surface area contributed by atoms with Crippen molar-refractivity contribution >= 4 is 11.3 Å². The molecule has 0 aliphatic rings. The van der Waals surface area contributed by atoms with Crippen LogP contribution in [0.25, 0.3) is 0 Å². The van der Waals surface area contributed by atoms with Crippen molar-refractivity contribution in [3.05, 3.63) is 51.7 Å². The van der Waals surface area contributed by atoms with Crippen molar-refractivity contribution in [1.29, 1.82) is 0 Å². The second-order valence-electron chi connectivity index (χ2n) is 4.05. The lowest BCUT2D eigenvalue weighted by atomic mass is 10.1. The summed E-state index contributed by atoms with van der Waals surface area (Å²) in [5.74, 6) is 6.56. The molecular weight excluding hydrogens is 244 g/mol. The van der Waals surface area contributed by atoms with Crippen LogP contribution in [-0.2, 0) is 0 Å². The van der Waals surface area contributed by atoms with E-state index in [2.05, 4.69) is 30.5 Å². The molecule has 2 rings (SSSR count). The van der Waals surface area contributed by atoms with Crippen LogP contribution in [0, 0.1) is 6.92 Å². The molecule has 0 radical (unpaired) electrons. The van der Waals surface area contributed by atoms with E-state index in [9.17, 15) is 0 Å². The van der Waals surface area contributed by atoms with Crippen molar-refractivity contribution in [2.75, 3.05) is 6.61 Å². The van der Waals surface area contributed by atoms with Crippen LogP contribution >= 0.6 is 11.3 Å². The Labute approximate surface area is 112 Å². The predicted molar refractivity (Wildman–Crippen MR) is 75.8 cm³/mol. The number of hydrogen-bond donors (Lipinski definition) is 2. The van der Waals surface area contributed by atoms with Gasteiger partial charge in [0.15, 0.2) is 0 Å². The Morgan fingerprint density at radius 3 is 2.78 bits per heavy atom. The zero-order chi connectivity index (χ0) is 13.0. The standard InChI is InChI=1S/C14H18N2OS/c1-3-17-12-6-4-5-11(9-12)14(16-15)13-8-7-10(2)18-13/h4-9,14,16H,3,15H2,1-2H3. The summed E-state index contributed by atoms with van der Waals surface area (Å²) in [5.41, 5.74) is 3.99. The van der Waals surface area contributed by atoms with Gasteiger partial charge < -0.3 is 4.74 Å². The van der Waals surface area contributed by atoms with Gasteiger partial charge in [0.05, 0.1) is 12.6 Å². The summed E-state index contributed by atoms with van der Waals surface area (Å²) in [6, 6.07) is 12.3. The fourth-order valence-corrected chi connectivity index (χ4v) is 2.87. The number of benzene rings is 1. The lowest BCUT2D eigenvalue weighted by Gasteiger charge is -2.15. The van der Waals surface area contributed by atoms with Gasteiger partial charge in [-0.25, -0.2) is 5.43 Å². The van der Waals surface area contributed by atoms with E-state index in [1.165, 1.54) is 9.75 Å². The second-order valence-corrected chi connectivity index (χ2v) is 5.37. The van der Waals surface area contributed by atoms with Crippen LogP contribution in [-0.4, -0.2) is 6.61 Å². The quantitative estimate of drug-likeness (QED) is 0.643. The van der Waals surface area contributed by atoms with E-state index in [-0.39, 0.29) is 6.04 Å². The van der Waals surface area contributed by atoms with E-state index >= 15 is 0 Å². The maximum absolute atomic E-state index is 5.69. The minimum Gasteiger partial charge on any atom is -0.494 e. The van der Waals surface area contributed by atoms with Crippen LogP contribution in [0.15, 0.2) is 36.4 Å². The van der Waals surface area contributed by atoms with Crippen LogP contribution in [0.4, 0.5) is 0 Å². The maximum Gasteiger partial charge on any atom is 0.119 e. The normalized spacial score (nSPS) is 12.4. The van der Waals surface area contributed by atoms with Crippen LogP contribution in [0.3, 0.4) is 0 Å². The molecule has 2 aromatic rings. The maximum atomic E-state index is 5.69. The lowest BCUT2D eigenvalue weighted by molar-refractivity contribution is 0.339. The van der Waals surface area contributed by atoms with Crippen LogP contribution < -0.4 is 16.0 Å². The van der Waals surface area contributed by atoms with Crippen molar-refractivity contribution in [1.82, 2.24) is 5.43 Å². The Bertz CT molecular complexity index is 510. The highest BCUT2D eigenvalue weighted by Crippen LogP contribution is 2.29. The summed E-state index contributed by atoms with van der Waals surface area (Å²) in [6.07, 6.45) is 0. The number of aryl methyl sites for hydroxylation is 1. The Morgan fingerprint density at radius 1 is 1.33 bits per heavy atom. The lowest BCUT2D eigenvalue weighted by Crippen LogP contribution is -2.28. The van der Waals surface area contributed by atoms with Crippen LogP contribution in [0.1, 0.15) is 28.3 Å². The SMILES string of the molecule is CCOc1cccc(C(NN)c2ccc(C)s2)c1. The van der Waals surface area contributed by atoms with E-state index in [4.69, 9.17) is 10.6 Å². The van der Waals surface area contributed by atoms with E-state index in [1.807, 2.05) is 25.1 Å². The summed E-state index contributed by atoms with van der Waals surface area (Å²) in [4.78, 5) is 2.50. The van der Waals surface area contributed by atoms with Gasteiger partial charge in [-0.05, 0) is 43.7 Å². The molecule has 0 spiro atoms. The first-order valence-corrected chi connectivity index (χ1v) is 6.81. The fraction of sp³-hybridized carbons (Fsp3) is 0.286. The minimum atomic E-state index is 0.0177. The highest BCUT2D eigenvalue weighted by Gasteiger charge is 2.14. The average Bonchev–Trinajstić information content (AvgIpc) is 2.78. The molecule has 1 aromatic carbocycles. The summed E-state index contributed by atoms with van der Waals surface area (Å²) < 4.78 is 5.52. The zero-order valence-corrected chi connectivity index (χ0v) is 11.5. The van der Waals surface area contributed by atoms with Gasteiger partial charge in [-0.2, -0.15) is 0 Å². The highest BCUT2D eigenvalue weighted by atomic mass is 32.1. The van der Waals surface area contributed by atoms with Gasteiger partial charge in [0, 0.05) is 9.75 Å². The largest absolute Gasteiger partial charge is 0.494 e. The third-order valence-electron chi connectivity index (χ3n) is 2.71. The number of hydrogen-bond acceptors (Lipinski definition) is 4. The molecule has 18 heavy (non-hydrogen) atoms. The van der Waals surface area contributed by atoms with Crippen molar-refractivity contribution in [3.63, 3.8) is 0 Å². The van der Waals surface area contributed by atoms with Crippen LogP contribution in [0.2, 0.25) is 0 Å². The molecule has 1 atom stereocenters. The van der Waals surface area contributed by atoms with Gasteiger partial charge in [0.25, 0.3) is 0 Å². The van der Waals surface area contributed by atoms with Gasteiger partial charge in [0.2, 0.25) is 0 Å². The number of hydrazine groups is 1. The number of nitrogens with one attached hydrogen (secondary N) is 1. The molecule has 1 aromatic heterocycles. The molecule has 0 bridgehead atoms. The fourth-order valence-electron chi connectivity index (χ4n) is 1.90. The number of nitrogens with two attached hydrogens (primary N) is 1. The summed E-state index contributed by atoms with van der Waals surface area (Å²) >= 11 is 1.75. The smallest absolute Gasteiger partial charge is 0.119 e. The molecule has 1 unspecified atom stereocenters. The van der Waals surface area contributed by atoms with Crippen molar-refractivity contribution in [2.24, 2.45) is 5.84 Å². The van der Waals surface area contributed by atoms with Gasteiger partial charge in [-0.1, -0.05) is 12.1 Å². The first-order chi connectivity index (χ1) is 8.74. The molecule has 0 aliphatic carbocycles. The zero-order valence-electron chi connectivity index (χ0n) is 10.6. The Balaban J connectivity index is 2.29. The van der Waals surface area contributed by atoms with Crippen molar-refractivity contribution in [2.45, 2.75) is 19.9 Å². The van der Waals surface area contributed by atoms with Gasteiger partial charge >= 0.3 is 0 Å². The monoisotopic (exact) mass is 262 g/mol. The first-order valence-electron chi connectivity index (χ1n) is 5.99. The number of thiophene rings is 1. The molecule has 3 N–H and O–H groups in total. The van der Waals surface area contributed by atoms with E-state index < -0.39 is 0 Å². The highest BCUT2D eigenvalue weighted by molar-refractivity contribution is 7.12. The van der Waals surface area contributed by atoms with Gasteiger partial charge in [-0.15, -0.1) is 11.3 Å². The molecule has 0 amide bonds.